The highest BCUT2D eigenvalue weighted by atomic mass is 19.1. The van der Waals surface area contributed by atoms with E-state index in [1.54, 1.807) is 12.1 Å². The minimum Gasteiger partial charge on any atom is -0.257 e. The predicted octanol–water partition coefficient (Wildman–Crippen LogP) is 2.47. The van der Waals surface area contributed by atoms with E-state index in [0.717, 1.165) is 23.4 Å². The molecule has 2 rings (SSSR count). The summed E-state index contributed by atoms with van der Waals surface area (Å²) >= 11 is 0. The van der Waals surface area contributed by atoms with Crippen molar-refractivity contribution < 1.29 is 4.39 Å². The lowest BCUT2D eigenvalue weighted by molar-refractivity contribution is 0.626. The first kappa shape index (κ1) is 6.53. The van der Waals surface area contributed by atoms with E-state index in [1.165, 1.54) is 6.07 Å². The van der Waals surface area contributed by atoms with Gasteiger partial charge in [-0.2, -0.15) is 0 Å². The van der Waals surface area contributed by atoms with Crippen molar-refractivity contribution in [1.29, 1.82) is 0 Å². The number of fused-ring (bicyclic) bond motifs is 1. The van der Waals surface area contributed by atoms with E-state index in [9.17, 15) is 4.39 Å². The van der Waals surface area contributed by atoms with Crippen molar-refractivity contribution in [3.05, 3.63) is 29.6 Å². The van der Waals surface area contributed by atoms with Crippen LogP contribution in [0, 0.1) is 5.82 Å². The van der Waals surface area contributed by atoms with Gasteiger partial charge in [0.15, 0.2) is 0 Å². The Kier molecular flexibility index (Phi) is 1.28. The smallest absolute Gasteiger partial charge is 0.123 e. The van der Waals surface area contributed by atoms with Gasteiger partial charge in [0, 0.05) is 12.1 Å². The Morgan fingerprint density at radius 2 is 2.27 bits per heavy atom. The highest BCUT2D eigenvalue weighted by molar-refractivity contribution is 5.91. The summed E-state index contributed by atoms with van der Waals surface area (Å²) in [4.78, 5) is 4.24. The van der Waals surface area contributed by atoms with Crippen LogP contribution in [0.3, 0.4) is 0 Å². The van der Waals surface area contributed by atoms with Crippen molar-refractivity contribution >= 4 is 11.4 Å². The molecule has 0 N–H and O–H groups in total. The maximum Gasteiger partial charge on any atom is 0.123 e. The number of aliphatic imine (C=N–C) groups is 1. The minimum atomic E-state index is -0.173. The van der Waals surface area contributed by atoms with Crippen molar-refractivity contribution in [2.24, 2.45) is 4.99 Å². The number of halogens is 1. The van der Waals surface area contributed by atoms with Crippen LogP contribution in [-0.2, 0) is 6.42 Å². The largest absolute Gasteiger partial charge is 0.257 e. The monoisotopic (exact) mass is 149 g/mol. The Balaban J connectivity index is 2.52. The third-order valence-corrected chi connectivity index (χ3v) is 1.80. The minimum absolute atomic E-state index is 0.173. The second-order valence-corrected chi connectivity index (χ2v) is 2.80. The van der Waals surface area contributed by atoms with E-state index in [4.69, 9.17) is 0 Å². The standard InChI is InChI=1S/C9H8FN/c1-6-4-7-5-8(10)2-3-9(7)11-6/h2-3,5H,4H2,1H3. The molecule has 0 saturated carbocycles. The lowest BCUT2D eigenvalue weighted by Crippen LogP contribution is -1.88. The van der Waals surface area contributed by atoms with Crippen LogP contribution >= 0.6 is 0 Å². The fourth-order valence-corrected chi connectivity index (χ4v) is 1.33. The van der Waals surface area contributed by atoms with Gasteiger partial charge in [-0.3, -0.25) is 4.99 Å². The van der Waals surface area contributed by atoms with Crippen LogP contribution in [0.5, 0.6) is 0 Å². The topological polar surface area (TPSA) is 12.4 Å². The van der Waals surface area contributed by atoms with Crippen molar-refractivity contribution in [2.75, 3.05) is 0 Å². The van der Waals surface area contributed by atoms with E-state index in [1.807, 2.05) is 6.92 Å². The highest BCUT2D eigenvalue weighted by Gasteiger charge is 2.10. The zero-order valence-electron chi connectivity index (χ0n) is 6.26. The Morgan fingerprint density at radius 3 is 3.09 bits per heavy atom. The van der Waals surface area contributed by atoms with Crippen molar-refractivity contribution in [1.82, 2.24) is 0 Å². The number of hydrogen-bond acceptors (Lipinski definition) is 1. The summed E-state index contributed by atoms with van der Waals surface area (Å²) in [6, 6.07) is 4.72. The molecule has 2 heteroatoms. The number of rotatable bonds is 0. The Bertz CT molecular complexity index is 328. The summed E-state index contributed by atoms with van der Waals surface area (Å²) in [7, 11) is 0. The van der Waals surface area contributed by atoms with E-state index in [2.05, 4.69) is 4.99 Å². The third-order valence-electron chi connectivity index (χ3n) is 1.80. The molecule has 1 heterocycles. The maximum absolute atomic E-state index is 12.6. The van der Waals surface area contributed by atoms with Gasteiger partial charge in [0.1, 0.15) is 5.82 Å². The third kappa shape index (κ3) is 1.04. The molecule has 0 spiro atoms. The van der Waals surface area contributed by atoms with Gasteiger partial charge in [-0.05, 0) is 30.7 Å². The normalized spacial score (nSPS) is 14.5. The number of benzene rings is 1. The van der Waals surface area contributed by atoms with Gasteiger partial charge in [0.25, 0.3) is 0 Å². The first-order valence-electron chi connectivity index (χ1n) is 3.58. The second kappa shape index (κ2) is 2.16. The van der Waals surface area contributed by atoms with Crippen molar-refractivity contribution in [3.8, 4) is 0 Å². The average Bonchev–Trinajstić information content (AvgIpc) is 2.27. The second-order valence-electron chi connectivity index (χ2n) is 2.80. The van der Waals surface area contributed by atoms with Crippen LogP contribution < -0.4 is 0 Å². The predicted molar refractivity (Wildman–Crippen MR) is 42.9 cm³/mol. The zero-order chi connectivity index (χ0) is 7.84. The van der Waals surface area contributed by atoms with Gasteiger partial charge in [0.05, 0.1) is 5.69 Å². The SMILES string of the molecule is CC1=Nc2ccc(F)cc2C1. The first-order valence-corrected chi connectivity index (χ1v) is 3.58. The van der Waals surface area contributed by atoms with Crippen LogP contribution in [0.25, 0.3) is 0 Å². The summed E-state index contributed by atoms with van der Waals surface area (Å²) in [5.41, 5.74) is 2.98. The summed E-state index contributed by atoms with van der Waals surface area (Å²) in [5.74, 6) is -0.173. The summed E-state index contributed by atoms with van der Waals surface area (Å²) in [6.45, 7) is 1.96. The Labute approximate surface area is 64.6 Å². The molecule has 1 aliphatic heterocycles. The van der Waals surface area contributed by atoms with Gasteiger partial charge in [-0.25, -0.2) is 4.39 Å². The molecule has 0 saturated heterocycles. The van der Waals surface area contributed by atoms with E-state index < -0.39 is 0 Å². The Morgan fingerprint density at radius 1 is 1.45 bits per heavy atom. The molecule has 56 valence electrons. The quantitative estimate of drug-likeness (QED) is 0.537. The van der Waals surface area contributed by atoms with E-state index >= 15 is 0 Å². The molecule has 1 nitrogen and oxygen atoms in total. The molecule has 0 bridgehead atoms. The molecular weight excluding hydrogens is 141 g/mol. The summed E-state index contributed by atoms with van der Waals surface area (Å²) in [5, 5.41) is 0. The summed E-state index contributed by atoms with van der Waals surface area (Å²) < 4.78 is 12.6. The maximum atomic E-state index is 12.6. The van der Waals surface area contributed by atoms with Crippen molar-refractivity contribution in [3.63, 3.8) is 0 Å². The fourth-order valence-electron chi connectivity index (χ4n) is 1.33. The Hall–Kier alpha value is -1.18. The van der Waals surface area contributed by atoms with Gasteiger partial charge in [-0.1, -0.05) is 0 Å². The molecule has 11 heavy (non-hydrogen) atoms. The fraction of sp³-hybridized carbons (Fsp3) is 0.222. The molecule has 1 aromatic carbocycles. The van der Waals surface area contributed by atoms with Crippen LogP contribution in [0.15, 0.2) is 23.2 Å². The molecular formula is C9H8FN. The lowest BCUT2D eigenvalue weighted by Gasteiger charge is -1.94. The zero-order valence-corrected chi connectivity index (χ0v) is 6.26. The van der Waals surface area contributed by atoms with Crippen LogP contribution in [0.1, 0.15) is 12.5 Å². The highest BCUT2D eigenvalue weighted by Crippen LogP contribution is 2.26. The molecule has 1 aromatic rings. The first-order chi connectivity index (χ1) is 5.25. The van der Waals surface area contributed by atoms with Crippen LogP contribution in [-0.4, -0.2) is 5.71 Å². The van der Waals surface area contributed by atoms with Gasteiger partial charge < -0.3 is 0 Å². The summed E-state index contributed by atoms with van der Waals surface area (Å²) in [6.07, 6.45) is 0.799. The van der Waals surface area contributed by atoms with Crippen LogP contribution in [0.2, 0.25) is 0 Å². The molecule has 0 aliphatic carbocycles. The van der Waals surface area contributed by atoms with Crippen molar-refractivity contribution in [2.45, 2.75) is 13.3 Å². The molecule has 0 atom stereocenters. The van der Waals surface area contributed by atoms with Crippen LogP contribution in [0.4, 0.5) is 10.1 Å². The molecule has 1 aliphatic rings. The van der Waals surface area contributed by atoms with Gasteiger partial charge in [0.2, 0.25) is 0 Å². The average molecular weight is 149 g/mol. The van der Waals surface area contributed by atoms with E-state index in [-0.39, 0.29) is 5.82 Å². The molecule has 0 unspecified atom stereocenters. The van der Waals surface area contributed by atoms with Gasteiger partial charge >= 0.3 is 0 Å². The van der Waals surface area contributed by atoms with Gasteiger partial charge in [-0.15, -0.1) is 0 Å². The molecule has 0 radical (unpaired) electrons. The number of hydrogen-bond donors (Lipinski definition) is 0. The number of nitrogens with zero attached hydrogens (tertiary/aromatic N) is 1. The molecule has 0 aromatic heterocycles. The molecule has 0 amide bonds. The lowest BCUT2D eigenvalue weighted by atomic mass is 10.1. The van der Waals surface area contributed by atoms with E-state index in [0.29, 0.717) is 0 Å². The molecule has 0 fully saturated rings.